The largest absolute Gasteiger partial charge is 1.00 e. The van der Waals surface area contributed by atoms with Gasteiger partial charge in [-0.15, -0.1) is 0 Å². The molecule has 0 spiro atoms. The smallest absolute Gasteiger partial charge is 1.00 e. The van der Waals surface area contributed by atoms with Crippen molar-refractivity contribution in [1.29, 1.82) is 0 Å². The van der Waals surface area contributed by atoms with Crippen LogP contribution in [0.1, 0.15) is 1.43 Å². The molecule has 0 saturated carbocycles. The second-order valence-corrected chi connectivity index (χ2v) is 0.848. The minimum atomic E-state index is -3.13. The number of hydrogen-bond donors (Lipinski definition) is 2. The first-order valence-corrected chi connectivity index (χ1v) is 1.95. The van der Waals surface area contributed by atoms with E-state index in [0.29, 0.717) is 0 Å². The van der Waals surface area contributed by atoms with Crippen LogP contribution >= 0.6 is 0 Å². The third-order valence-corrected chi connectivity index (χ3v) is 0. The predicted molar refractivity (Wildman–Crippen MR) is 29.2 cm³/mol. The Morgan fingerprint density at radius 1 is 1.25 bits per heavy atom. The average molecular weight is 184 g/mol. The minimum Gasteiger partial charge on any atom is -1.00 e. The fraction of sp³-hybridized carbons (Fsp3) is 0. The van der Waals surface area contributed by atoms with E-state index in [2.05, 4.69) is 0 Å². The molecule has 0 aromatic carbocycles. The Bertz CT molecular complexity index is 39.9. The van der Waals surface area contributed by atoms with Crippen LogP contribution in [0.2, 0.25) is 0 Å². The molecule has 0 rings (SSSR count). The van der Waals surface area contributed by atoms with Crippen LogP contribution in [0.15, 0.2) is 0 Å². The second-order valence-electron chi connectivity index (χ2n) is 0.283. The third kappa shape index (κ3) is 119. The van der Waals surface area contributed by atoms with E-state index in [-0.39, 0.29) is 81.1 Å². The van der Waals surface area contributed by atoms with Gasteiger partial charge >= 0.3 is 60.6 Å². The van der Waals surface area contributed by atoms with Crippen LogP contribution in [-0.4, -0.2) is 47.1 Å². The maximum absolute atomic E-state index is 8.74. The molecule has 48 valence electrons. The molecule has 0 aliphatic carbocycles. The number of hydrogen-bond acceptors (Lipinski definition) is 1. The van der Waals surface area contributed by atoms with E-state index in [1.54, 1.807) is 0 Å². The van der Waals surface area contributed by atoms with Crippen molar-refractivity contribution < 1.29 is 77.8 Å². The van der Waals surface area contributed by atoms with Gasteiger partial charge in [0.1, 0.15) is 0 Å². The van der Waals surface area contributed by atoms with Crippen LogP contribution in [0.25, 0.3) is 0 Å². The molecule has 6 N–H and O–H groups in total. The van der Waals surface area contributed by atoms with Gasteiger partial charge < -0.3 is 22.0 Å². The first-order valence-electron chi connectivity index (χ1n) is 0.651. The van der Waals surface area contributed by atoms with Crippen LogP contribution in [0.4, 0.5) is 0 Å². The van der Waals surface area contributed by atoms with Crippen molar-refractivity contribution in [2.75, 3.05) is 0 Å². The quantitative estimate of drug-likeness (QED) is 0.364. The molecule has 0 saturated heterocycles. The maximum Gasteiger partial charge on any atom is 1.00 e. The predicted octanol–water partition coefficient (Wildman–Crippen LogP) is -7.33. The van der Waals surface area contributed by atoms with Gasteiger partial charge in [0, 0.05) is 0 Å². The molecule has 0 bridgehead atoms. The first-order chi connectivity index (χ1) is 1.73. The molecule has 5 nitrogen and oxygen atoms in total. The summed E-state index contributed by atoms with van der Waals surface area (Å²) >= 11 is 0. The zero-order valence-corrected chi connectivity index (χ0v) is 7.93. The Kier molecular flexibility index (Phi) is 96.9. The summed E-state index contributed by atoms with van der Waals surface area (Å²) in [5.41, 5.74) is 0. The van der Waals surface area contributed by atoms with Crippen LogP contribution in [0.5, 0.6) is 0 Å². The van der Waals surface area contributed by atoms with E-state index >= 15 is 0 Å². The topological polar surface area (TPSA) is 121 Å². The van der Waals surface area contributed by atoms with Gasteiger partial charge in [0.2, 0.25) is 0 Å². The van der Waals surface area contributed by atoms with Crippen molar-refractivity contribution in [1.82, 2.24) is 0 Å². The van der Waals surface area contributed by atoms with Crippen LogP contribution in [0, 0.1) is 0 Å². The molecule has 0 aromatic heterocycles. The van der Waals surface area contributed by atoms with Gasteiger partial charge in [0.15, 0.2) is 17.4 Å². The molecule has 0 radical (unpaired) electrons. The van der Waals surface area contributed by atoms with Gasteiger partial charge in [0.05, 0.1) is 0 Å². The summed E-state index contributed by atoms with van der Waals surface area (Å²) < 4.78 is 8.74. The van der Waals surface area contributed by atoms with Crippen molar-refractivity contribution in [3.05, 3.63) is 0 Å². The van der Waals surface area contributed by atoms with Crippen LogP contribution in [-0.2, 0) is 4.46 Å². The Hall–Kier alpha value is 1.71. The van der Waals surface area contributed by atoms with E-state index in [1.165, 1.54) is 0 Å². The van der Waals surface area contributed by atoms with Crippen molar-refractivity contribution in [3.8, 4) is 0 Å². The summed E-state index contributed by atoms with van der Waals surface area (Å²) in [5, 5.41) is 0. The first kappa shape index (κ1) is 33.2. The van der Waals surface area contributed by atoms with E-state index in [1.807, 2.05) is 0 Å². The molecule has 0 aromatic rings. The molecule has 0 heterocycles. The van der Waals surface area contributed by atoms with Gasteiger partial charge in [-0.3, -0.25) is 4.46 Å². The van der Waals surface area contributed by atoms with Crippen molar-refractivity contribution in [2.45, 2.75) is 0 Å². The third-order valence-electron chi connectivity index (χ3n) is 0. The Morgan fingerprint density at radius 2 is 1.25 bits per heavy atom. The fourth-order valence-electron chi connectivity index (χ4n) is 0. The summed E-state index contributed by atoms with van der Waals surface area (Å²) in [6.45, 7) is 0. The summed E-state index contributed by atoms with van der Waals surface area (Å²) in [5.74, 6) is 0. The van der Waals surface area contributed by atoms with Gasteiger partial charge in [-0.1, -0.05) is 0 Å². The molecule has 8 heteroatoms. The molecular formula is H10AlKO5Si. The molecule has 0 aliphatic heterocycles. The summed E-state index contributed by atoms with van der Waals surface area (Å²) in [4.78, 5) is 14.3. The average Bonchev–Trinajstić information content (AvgIpc) is 0.811. The van der Waals surface area contributed by atoms with Crippen LogP contribution in [0.3, 0.4) is 0 Å². The number of rotatable bonds is 0. The van der Waals surface area contributed by atoms with Gasteiger partial charge in [-0.25, -0.2) is 0 Å². The SMILES string of the molecule is O.O.O=[Si](O)O.[AlH3].[H-].[K+]. The van der Waals surface area contributed by atoms with E-state index in [4.69, 9.17) is 14.1 Å². The molecule has 0 amide bonds. The monoisotopic (exact) mass is 184 g/mol. The van der Waals surface area contributed by atoms with Gasteiger partial charge in [-0.05, 0) is 0 Å². The van der Waals surface area contributed by atoms with Crippen molar-refractivity contribution in [3.63, 3.8) is 0 Å². The van der Waals surface area contributed by atoms with E-state index < -0.39 is 9.17 Å². The molecule has 8 heavy (non-hydrogen) atoms. The standard InChI is InChI=1S/Al.K.H2O3Si.2H2O.4H/c;;1-4(2)3;;;;;;/h;;1-2H;2*1H2;;;;/q;+1;;;;;;;-1. The minimum absolute atomic E-state index is 0. The normalized spacial score (nSPS) is 3.00. The van der Waals surface area contributed by atoms with E-state index in [9.17, 15) is 0 Å². The summed E-state index contributed by atoms with van der Waals surface area (Å²) in [6.07, 6.45) is 0. The van der Waals surface area contributed by atoms with Crippen molar-refractivity contribution >= 4 is 26.5 Å². The van der Waals surface area contributed by atoms with Crippen LogP contribution < -0.4 is 51.4 Å². The molecule has 0 unspecified atom stereocenters. The Balaban J connectivity index is -0.00000000450. The molecular weight excluding hydrogens is 174 g/mol. The Morgan fingerprint density at radius 3 is 1.25 bits per heavy atom. The fourth-order valence-corrected chi connectivity index (χ4v) is 0. The molecule has 0 atom stereocenters. The van der Waals surface area contributed by atoms with Gasteiger partial charge in [-0.2, -0.15) is 0 Å². The zero-order valence-electron chi connectivity index (χ0n) is 4.80. The Labute approximate surface area is 103 Å². The zero-order chi connectivity index (χ0) is 3.58. The summed E-state index contributed by atoms with van der Waals surface area (Å²) in [7, 11) is -3.13. The molecule has 0 aliphatic rings. The molecule has 0 fully saturated rings. The van der Waals surface area contributed by atoms with Gasteiger partial charge in [0.25, 0.3) is 0 Å². The second kappa shape index (κ2) is 23.3. The maximum atomic E-state index is 8.74. The van der Waals surface area contributed by atoms with E-state index in [0.717, 1.165) is 0 Å². The summed E-state index contributed by atoms with van der Waals surface area (Å²) in [6, 6.07) is 0. The van der Waals surface area contributed by atoms with Crippen molar-refractivity contribution in [2.24, 2.45) is 0 Å².